The fourth-order valence-electron chi connectivity index (χ4n) is 4.35. The molecule has 0 saturated carbocycles. The zero-order valence-corrected chi connectivity index (χ0v) is 17.3. The molecule has 5 aromatic rings. The summed E-state index contributed by atoms with van der Waals surface area (Å²) in [5.74, 6) is 0.966. The van der Waals surface area contributed by atoms with E-state index in [1.807, 2.05) is 0 Å². The number of aromatic nitrogens is 3. The number of para-hydroxylation sites is 3. The van der Waals surface area contributed by atoms with Gasteiger partial charge in [0, 0.05) is 32.0 Å². The topological polar surface area (TPSA) is 33.6 Å². The van der Waals surface area contributed by atoms with Gasteiger partial charge in [0.25, 0.3) is 0 Å². The van der Waals surface area contributed by atoms with Gasteiger partial charge in [-0.2, -0.15) is 0 Å². The molecule has 2 heterocycles. The molecule has 29 heavy (non-hydrogen) atoms. The number of imidazole rings is 1. The van der Waals surface area contributed by atoms with E-state index in [0.717, 1.165) is 51.6 Å². The quantitative estimate of drug-likeness (QED) is 0.400. The Morgan fingerprint density at radius 2 is 1.66 bits per heavy atom. The van der Waals surface area contributed by atoms with Crippen molar-refractivity contribution in [2.24, 2.45) is 0 Å². The number of hydrogen-bond acceptors (Lipinski definition) is 1. The second-order valence-electron chi connectivity index (χ2n) is 7.39. The van der Waals surface area contributed by atoms with Crippen LogP contribution < -0.4 is 10.7 Å². The van der Waals surface area contributed by atoms with Crippen molar-refractivity contribution in [2.45, 2.75) is 12.8 Å². The third-order valence-corrected chi connectivity index (χ3v) is 6.44. The largest absolute Gasteiger partial charge is 0.354 e. The van der Waals surface area contributed by atoms with Gasteiger partial charge in [0.1, 0.15) is 5.82 Å². The summed E-state index contributed by atoms with van der Waals surface area (Å²) in [4.78, 5) is 8.76. The van der Waals surface area contributed by atoms with Crippen LogP contribution in [-0.4, -0.2) is 14.5 Å². The Kier molecular flexibility index (Phi) is 3.74. The Balaban J connectivity index is 1.76. The maximum Gasteiger partial charge on any atom is 0.147 e. The summed E-state index contributed by atoms with van der Waals surface area (Å²) < 4.78 is 3.46. The third kappa shape index (κ3) is 2.52. The molecule has 0 bridgehead atoms. The molecule has 0 amide bonds. The molecule has 0 aliphatic heterocycles. The molecule has 0 spiro atoms. The molecule has 0 saturated heterocycles. The number of halogens is 1. The van der Waals surface area contributed by atoms with Crippen molar-refractivity contribution in [3.05, 3.63) is 83.5 Å². The normalized spacial score (nSPS) is 13.6. The van der Waals surface area contributed by atoms with Crippen LogP contribution in [0.1, 0.15) is 12.8 Å². The van der Waals surface area contributed by atoms with Gasteiger partial charge in [-0.15, -0.1) is 0 Å². The fourth-order valence-corrected chi connectivity index (χ4v) is 4.87. The zero-order valence-electron chi connectivity index (χ0n) is 15.7. The lowest BCUT2D eigenvalue weighted by molar-refractivity contribution is 1.00. The number of H-pyrrole nitrogens is 1. The number of fused-ring (bicyclic) bond motifs is 4. The number of aromatic amines is 1. The molecule has 0 atom stereocenters. The number of hydrogen-bond donors (Lipinski definition) is 1. The molecule has 140 valence electrons. The minimum Gasteiger partial charge on any atom is -0.354 e. The van der Waals surface area contributed by atoms with Crippen LogP contribution in [0.4, 0.5) is 0 Å². The molecular weight excluding hydrogens is 422 g/mol. The van der Waals surface area contributed by atoms with Gasteiger partial charge in [-0.1, -0.05) is 70.5 Å². The highest BCUT2D eigenvalue weighted by Gasteiger charge is 2.18. The minimum atomic E-state index is 0.966. The van der Waals surface area contributed by atoms with Gasteiger partial charge >= 0.3 is 0 Å². The van der Waals surface area contributed by atoms with Gasteiger partial charge in [0.15, 0.2) is 0 Å². The Morgan fingerprint density at radius 1 is 0.862 bits per heavy atom. The average Bonchev–Trinajstić information content (AvgIpc) is 3.34. The van der Waals surface area contributed by atoms with E-state index >= 15 is 0 Å². The van der Waals surface area contributed by atoms with Crippen molar-refractivity contribution in [3.63, 3.8) is 0 Å². The molecule has 1 aliphatic rings. The highest BCUT2D eigenvalue weighted by atomic mass is 79.9. The van der Waals surface area contributed by atoms with Gasteiger partial charge in [-0.05, 0) is 37.1 Å². The number of nitrogens with one attached hydrogen (secondary N) is 1. The Bertz CT molecular complexity index is 1510. The molecule has 0 radical (unpaired) electrons. The number of nitrogens with zero attached hydrogens (tertiary/aromatic N) is 2. The predicted octanol–water partition coefficient (Wildman–Crippen LogP) is 5.25. The highest BCUT2D eigenvalue weighted by molar-refractivity contribution is 9.14. The number of rotatable bonds is 2. The molecular formula is C25H18BrN3. The molecule has 3 aromatic carbocycles. The third-order valence-electron chi connectivity index (χ3n) is 5.67. The van der Waals surface area contributed by atoms with E-state index in [1.54, 1.807) is 0 Å². The molecule has 1 N–H and O–H groups in total. The summed E-state index contributed by atoms with van der Waals surface area (Å²) in [6.07, 6.45) is 4.31. The van der Waals surface area contributed by atoms with E-state index in [9.17, 15) is 0 Å². The lowest BCUT2D eigenvalue weighted by Gasteiger charge is -2.10. The van der Waals surface area contributed by atoms with Crippen molar-refractivity contribution >= 4 is 48.3 Å². The Morgan fingerprint density at radius 3 is 2.55 bits per heavy atom. The van der Waals surface area contributed by atoms with Crippen LogP contribution in [0.25, 0.3) is 49.4 Å². The summed E-state index contributed by atoms with van der Waals surface area (Å²) in [7, 11) is 0. The van der Waals surface area contributed by atoms with Gasteiger partial charge in [-0.3, -0.25) is 4.57 Å². The van der Waals surface area contributed by atoms with Crippen molar-refractivity contribution in [1.82, 2.24) is 14.5 Å². The maximum atomic E-state index is 5.13. The summed E-state index contributed by atoms with van der Waals surface area (Å²) in [6.45, 7) is 0. The number of benzene rings is 3. The fraction of sp³-hybridized carbons (Fsp3) is 0.0800. The highest BCUT2D eigenvalue weighted by Crippen LogP contribution is 2.32. The molecule has 4 heteroatoms. The summed E-state index contributed by atoms with van der Waals surface area (Å²) >= 11 is 3.77. The van der Waals surface area contributed by atoms with Gasteiger partial charge in [0.05, 0.1) is 16.2 Å². The van der Waals surface area contributed by atoms with Crippen LogP contribution in [0, 0.1) is 0 Å². The van der Waals surface area contributed by atoms with Crippen LogP contribution in [0.15, 0.2) is 72.8 Å². The predicted molar refractivity (Wildman–Crippen MR) is 124 cm³/mol. The standard InChI is InChI=1S/C25H18BrN3/c26-20-13-7-15-22-24(20)28-25(29(22)16-8-2-1-3-9-16)19-12-6-11-18-17-10-4-5-14-21(17)27-23(18)19/h1-6,8-12,14-15,27H,7,13H2. The summed E-state index contributed by atoms with van der Waals surface area (Å²) in [5, 5.41) is 4.68. The maximum absolute atomic E-state index is 5.13. The van der Waals surface area contributed by atoms with E-state index in [2.05, 4.69) is 104 Å². The van der Waals surface area contributed by atoms with Crippen molar-refractivity contribution < 1.29 is 0 Å². The molecule has 6 rings (SSSR count). The van der Waals surface area contributed by atoms with E-state index in [4.69, 9.17) is 4.98 Å². The minimum absolute atomic E-state index is 0.966. The van der Waals surface area contributed by atoms with Crippen LogP contribution in [-0.2, 0) is 0 Å². The van der Waals surface area contributed by atoms with E-state index < -0.39 is 0 Å². The summed E-state index contributed by atoms with van der Waals surface area (Å²) in [6, 6.07) is 25.4. The van der Waals surface area contributed by atoms with E-state index in [1.165, 1.54) is 15.3 Å². The first-order valence-electron chi connectivity index (χ1n) is 9.84. The SMILES string of the molecule is BrC1=c2nc(-c3cccc4c3[nH]c3ccccc34)n(-c3ccccc3)c2=CCC1. The van der Waals surface area contributed by atoms with E-state index in [0.29, 0.717) is 0 Å². The van der Waals surface area contributed by atoms with Gasteiger partial charge in [-0.25, -0.2) is 4.98 Å². The van der Waals surface area contributed by atoms with Crippen LogP contribution in [0.3, 0.4) is 0 Å². The smallest absolute Gasteiger partial charge is 0.147 e. The second-order valence-corrected chi connectivity index (χ2v) is 8.34. The lowest BCUT2D eigenvalue weighted by atomic mass is 10.1. The van der Waals surface area contributed by atoms with Gasteiger partial charge < -0.3 is 4.98 Å². The second kappa shape index (κ2) is 6.46. The monoisotopic (exact) mass is 439 g/mol. The molecule has 2 aromatic heterocycles. The Hall–Kier alpha value is -3.11. The molecule has 0 unspecified atom stereocenters. The first kappa shape index (κ1) is 16.8. The summed E-state index contributed by atoms with van der Waals surface area (Å²) in [5.41, 5.74) is 4.52. The lowest BCUT2D eigenvalue weighted by Crippen LogP contribution is -2.32. The molecule has 0 fully saturated rings. The van der Waals surface area contributed by atoms with Crippen molar-refractivity contribution in [1.29, 1.82) is 0 Å². The Labute approximate surface area is 176 Å². The first-order chi connectivity index (χ1) is 14.3. The average molecular weight is 440 g/mol. The first-order valence-corrected chi connectivity index (χ1v) is 10.6. The zero-order chi connectivity index (χ0) is 19.4. The van der Waals surface area contributed by atoms with Crippen LogP contribution in [0.5, 0.6) is 0 Å². The van der Waals surface area contributed by atoms with Crippen LogP contribution in [0.2, 0.25) is 0 Å². The van der Waals surface area contributed by atoms with E-state index in [-0.39, 0.29) is 0 Å². The van der Waals surface area contributed by atoms with Crippen LogP contribution >= 0.6 is 15.9 Å². The molecule has 3 nitrogen and oxygen atoms in total. The van der Waals surface area contributed by atoms with Crippen molar-refractivity contribution in [3.8, 4) is 17.1 Å². The van der Waals surface area contributed by atoms with Crippen molar-refractivity contribution in [2.75, 3.05) is 0 Å². The molecule has 1 aliphatic carbocycles. The van der Waals surface area contributed by atoms with Gasteiger partial charge in [0.2, 0.25) is 0 Å².